The van der Waals surface area contributed by atoms with E-state index < -0.39 is 0 Å². The quantitative estimate of drug-likeness (QED) is 0.569. The Labute approximate surface area is 160 Å². The van der Waals surface area contributed by atoms with Crippen LogP contribution in [0.1, 0.15) is 36.8 Å². The molecule has 136 valence electrons. The molecule has 2 aromatic rings. The molecular formula is C24H24N2O. The van der Waals surface area contributed by atoms with Crippen LogP contribution >= 0.6 is 0 Å². The van der Waals surface area contributed by atoms with Gasteiger partial charge < -0.3 is 0 Å². The average molecular weight is 356 g/mol. The highest BCUT2D eigenvalue weighted by atomic mass is 16.2. The second-order valence-electron chi connectivity index (χ2n) is 7.47. The zero-order valence-electron chi connectivity index (χ0n) is 15.3. The van der Waals surface area contributed by atoms with Crippen LogP contribution < -0.4 is 5.43 Å². The molecule has 2 saturated carbocycles. The summed E-state index contributed by atoms with van der Waals surface area (Å²) in [6.07, 6.45) is 12.6. The molecular weight excluding hydrogens is 332 g/mol. The van der Waals surface area contributed by atoms with Gasteiger partial charge in [-0.1, -0.05) is 79.2 Å². The van der Waals surface area contributed by atoms with Crippen LogP contribution in [0.15, 0.2) is 77.9 Å². The van der Waals surface area contributed by atoms with E-state index in [0.29, 0.717) is 5.41 Å². The minimum Gasteiger partial charge on any atom is -0.273 e. The van der Waals surface area contributed by atoms with Gasteiger partial charge >= 0.3 is 0 Å². The summed E-state index contributed by atoms with van der Waals surface area (Å²) >= 11 is 0. The van der Waals surface area contributed by atoms with Crippen LogP contribution in [0.3, 0.4) is 0 Å². The van der Waals surface area contributed by atoms with Crippen LogP contribution in [0.4, 0.5) is 0 Å². The number of allylic oxidation sites excluding steroid dienone is 2. The Morgan fingerprint density at radius 1 is 0.926 bits per heavy atom. The van der Waals surface area contributed by atoms with Gasteiger partial charge in [0.2, 0.25) is 5.91 Å². The first-order valence-electron chi connectivity index (χ1n) is 9.59. The summed E-state index contributed by atoms with van der Waals surface area (Å²) in [6, 6.07) is 20.2. The van der Waals surface area contributed by atoms with Crippen molar-refractivity contribution in [2.24, 2.45) is 16.4 Å². The fourth-order valence-corrected chi connectivity index (χ4v) is 3.72. The monoisotopic (exact) mass is 356 g/mol. The number of hydrogen-bond acceptors (Lipinski definition) is 2. The van der Waals surface area contributed by atoms with Gasteiger partial charge in [-0.3, -0.25) is 4.79 Å². The van der Waals surface area contributed by atoms with E-state index in [1.807, 2.05) is 85.0 Å². The molecule has 2 aliphatic rings. The number of carbonyl (C=O) groups is 1. The molecule has 3 heteroatoms. The lowest BCUT2D eigenvalue weighted by molar-refractivity contribution is -0.123. The fourth-order valence-electron chi connectivity index (χ4n) is 3.72. The molecule has 1 atom stereocenters. The number of hydrogen-bond donors (Lipinski definition) is 1. The van der Waals surface area contributed by atoms with E-state index in [1.54, 1.807) is 0 Å². The lowest BCUT2D eigenvalue weighted by atomic mass is 9.80. The normalized spacial score (nSPS) is 19.8. The van der Waals surface area contributed by atoms with Crippen molar-refractivity contribution >= 4 is 23.8 Å². The zero-order chi connectivity index (χ0) is 18.5. The van der Waals surface area contributed by atoms with Crippen molar-refractivity contribution in [2.75, 3.05) is 0 Å². The molecule has 0 unspecified atom stereocenters. The maximum absolute atomic E-state index is 12.4. The zero-order valence-corrected chi connectivity index (χ0v) is 15.3. The van der Waals surface area contributed by atoms with Gasteiger partial charge in [0.15, 0.2) is 0 Å². The molecule has 4 rings (SSSR count). The Hall–Kier alpha value is -2.94. The summed E-state index contributed by atoms with van der Waals surface area (Å²) < 4.78 is 0. The molecule has 0 bridgehead atoms. The topological polar surface area (TPSA) is 41.5 Å². The first kappa shape index (κ1) is 17.5. The third-order valence-corrected chi connectivity index (χ3v) is 5.64. The summed E-state index contributed by atoms with van der Waals surface area (Å²) in [5, 5.41) is 4.38. The molecule has 2 aliphatic carbocycles. The number of amides is 1. The van der Waals surface area contributed by atoms with E-state index in [4.69, 9.17) is 0 Å². The summed E-state index contributed by atoms with van der Waals surface area (Å²) in [7, 11) is 0. The summed E-state index contributed by atoms with van der Waals surface area (Å²) in [4.78, 5) is 12.4. The lowest BCUT2D eigenvalue weighted by Crippen LogP contribution is -2.26. The van der Waals surface area contributed by atoms with Gasteiger partial charge in [-0.05, 0) is 48.0 Å². The molecule has 2 aromatic carbocycles. The fraction of sp³-hybridized carbons (Fsp3) is 0.250. The lowest BCUT2D eigenvalue weighted by Gasteiger charge is -2.25. The van der Waals surface area contributed by atoms with Gasteiger partial charge in [0.1, 0.15) is 0 Å². The average Bonchev–Trinajstić information content (AvgIpc) is 3.46. The third kappa shape index (κ3) is 4.25. The number of hydrazone groups is 1. The maximum atomic E-state index is 12.4. The van der Waals surface area contributed by atoms with Crippen molar-refractivity contribution in [3.05, 3.63) is 83.9 Å². The van der Waals surface area contributed by atoms with Crippen molar-refractivity contribution in [1.82, 2.24) is 5.43 Å². The van der Waals surface area contributed by atoms with Crippen molar-refractivity contribution < 1.29 is 4.79 Å². The van der Waals surface area contributed by atoms with Gasteiger partial charge in [0.25, 0.3) is 0 Å². The second-order valence-corrected chi connectivity index (χ2v) is 7.47. The third-order valence-electron chi connectivity index (χ3n) is 5.64. The van der Waals surface area contributed by atoms with Crippen molar-refractivity contribution in [1.29, 1.82) is 0 Å². The Kier molecular flexibility index (Phi) is 5.01. The Morgan fingerprint density at radius 3 is 1.93 bits per heavy atom. The molecule has 1 spiro atoms. The van der Waals surface area contributed by atoms with Crippen LogP contribution in [0.2, 0.25) is 0 Å². The van der Waals surface area contributed by atoms with Crippen molar-refractivity contribution in [3.8, 4) is 0 Å². The molecule has 27 heavy (non-hydrogen) atoms. The number of rotatable bonds is 6. The molecule has 2 fully saturated rings. The van der Waals surface area contributed by atoms with E-state index in [-0.39, 0.29) is 11.8 Å². The van der Waals surface area contributed by atoms with E-state index >= 15 is 0 Å². The predicted octanol–water partition coefficient (Wildman–Crippen LogP) is 5.08. The largest absolute Gasteiger partial charge is 0.273 e. The summed E-state index contributed by atoms with van der Waals surface area (Å²) in [5.41, 5.74) is 6.02. The van der Waals surface area contributed by atoms with Gasteiger partial charge in [0, 0.05) is 5.92 Å². The SMILES string of the molecule is O=C(NN=C(/C=C/c1ccccc1)/C=C/c1ccccc1)[C@@H]1CC12CCC2. The van der Waals surface area contributed by atoms with E-state index in [0.717, 1.165) is 23.3 Å². The minimum absolute atomic E-state index is 0.0634. The van der Waals surface area contributed by atoms with Gasteiger partial charge in [-0.15, -0.1) is 0 Å². The Balaban J connectivity index is 1.47. The smallest absolute Gasteiger partial charge is 0.243 e. The van der Waals surface area contributed by atoms with Crippen LogP contribution in [0.25, 0.3) is 12.2 Å². The van der Waals surface area contributed by atoms with Crippen LogP contribution in [-0.2, 0) is 4.79 Å². The van der Waals surface area contributed by atoms with E-state index in [2.05, 4.69) is 10.5 Å². The summed E-state index contributed by atoms with van der Waals surface area (Å²) in [5.74, 6) is 0.223. The highest BCUT2D eigenvalue weighted by Crippen LogP contribution is 2.65. The number of carbonyl (C=O) groups excluding carboxylic acids is 1. The van der Waals surface area contributed by atoms with Gasteiger partial charge in [-0.2, -0.15) is 5.10 Å². The Bertz CT molecular complexity index is 826. The number of nitrogens with one attached hydrogen (secondary N) is 1. The first-order chi connectivity index (χ1) is 13.3. The molecule has 0 saturated heterocycles. The standard InChI is InChI=1S/C24H24N2O/c27-23(22-18-24(22)16-7-17-24)26-25-21(14-12-19-8-3-1-4-9-19)15-13-20-10-5-2-6-11-20/h1-6,8-15,22H,7,16-18H2,(H,26,27)/b14-12+,15-13+/t22-/m0/s1. The molecule has 0 aromatic heterocycles. The minimum atomic E-state index is 0.0634. The molecule has 1 N–H and O–H groups in total. The molecule has 3 nitrogen and oxygen atoms in total. The van der Waals surface area contributed by atoms with E-state index in [1.165, 1.54) is 19.3 Å². The van der Waals surface area contributed by atoms with Gasteiger partial charge in [-0.25, -0.2) is 5.43 Å². The molecule has 0 heterocycles. The van der Waals surface area contributed by atoms with Crippen LogP contribution in [-0.4, -0.2) is 11.6 Å². The highest BCUT2D eigenvalue weighted by Gasteiger charge is 2.60. The molecule has 0 radical (unpaired) electrons. The van der Waals surface area contributed by atoms with Crippen LogP contribution in [0, 0.1) is 11.3 Å². The van der Waals surface area contributed by atoms with Gasteiger partial charge in [0.05, 0.1) is 5.71 Å². The van der Waals surface area contributed by atoms with Crippen LogP contribution in [0.5, 0.6) is 0 Å². The van der Waals surface area contributed by atoms with Crippen molar-refractivity contribution in [3.63, 3.8) is 0 Å². The molecule has 0 aliphatic heterocycles. The highest BCUT2D eigenvalue weighted by molar-refractivity contribution is 6.09. The number of nitrogens with zero attached hydrogens (tertiary/aromatic N) is 1. The Morgan fingerprint density at radius 2 is 1.48 bits per heavy atom. The summed E-state index contributed by atoms with van der Waals surface area (Å²) in [6.45, 7) is 0. The predicted molar refractivity (Wildman–Crippen MR) is 111 cm³/mol. The first-order valence-corrected chi connectivity index (χ1v) is 9.59. The second kappa shape index (κ2) is 7.75. The molecule has 1 amide bonds. The maximum Gasteiger partial charge on any atom is 0.243 e. The van der Waals surface area contributed by atoms with Crippen molar-refractivity contribution in [2.45, 2.75) is 25.7 Å². The van der Waals surface area contributed by atoms with E-state index in [9.17, 15) is 4.79 Å². The number of benzene rings is 2.